The van der Waals surface area contributed by atoms with Gasteiger partial charge in [-0.25, -0.2) is 9.59 Å². The minimum atomic E-state index is -1.79. The second-order valence-electron chi connectivity index (χ2n) is 4.48. The summed E-state index contributed by atoms with van der Waals surface area (Å²) in [7, 11) is 0. The van der Waals surface area contributed by atoms with Gasteiger partial charge in [-0.2, -0.15) is 0 Å². The molecule has 10 nitrogen and oxygen atoms in total. The molecule has 1 aliphatic rings. The molecule has 1 rings (SSSR count). The van der Waals surface area contributed by atoms with Gasteiger partial charge in [0.25, 0.3) is 0 Å². The SMILES string of the molecule is CC1(C)OC(=O)[C@H](CC(=O)O)O1.O=C(O)C[C@H](O)C(=O)O. The second kappa shape index (κ2) is 7.55. The van der Waals surface area contributed by atoms with Gasteiger partial charge >= 0.3 is 23.9 Å². The normalized spacial score (nSPS) is 20.7. The van der Waals surface area contributed by atoms with Crippen molar-refractivity contribution < 1.29 is 49.1 Å². The van der Waals surface area contributed by atoms with E-state index in [2.05, 4.69) is 0 Å². The summed E-state index contributed by atoms with van der Waals surface area (Å²) < 4.78 is 9.76. The fourth-order valence-corrected chi connectivity index (χ4v) is 1.26. The highest BCUT2D eigenvalue weighted by molar-refractivity contribution is 5.82. The number of esters is 1. The molecule has 2 atom stereocenters. The van der Waals surface area contributed by atoms with Gasteiger partial charge in [0.2, 0.25) is 5.79 Å². The van der Waals surface area contributed by atoms with E-state index in [0.717, 1.165) is 0 Å². The quantitative estimate of drug-likeness (QED) is 0.464. The summed E-state index contributed by atoms with van der Waals surface area (Å²) in [5.74, 6) is -5.52. The molecule has 0 saturated carbocycles. The molecule has 1 heterocycles. The molecule has 0 aromatic heterocycles. The van der Waals surface area contributed by atoms with Crippen molar-refractivity contribution >= 4 is 23.9 Å². The maximum atomic E-state index is 10.9. The summed E-state index contributed by atoms with van der Waals surface area (Å²) in [6, 6.07) is 0. The number of rotatable bonds is 5. The molecule has 1 aliphatic heterocycles. The van der Waals surface area contributed by atoms with Crippen molar-refractivity contribution in [2.45, 2.75) is 44.7 Å². The summed E-state index contributed by atoms with van der Waals surface area (Å²) in [5.41, 5.74) is 0. The van der Waals surface area contributed by atoms with Crippen LogP contribution in [0.5, 0.6) is 0 Å². The summed E-state index contributed by atoms with van der Waals surface area (Å²) >= 11 is 0. The fraction of sp³-hybridized carbons (Fsp3) is 0.636. The topological polar surface area (TPSA) is 168 Å². The second-order valence-corrected chi connectivity index (χ2v) is 4.48. The van der Waals surface area contributed by atoms with Crippen LogP contribution in [0, 0.1) is 0 Å². The van der Waals surface area contributed by atoms with Gasteiger partial charge in [-0.3, -0.25) is 9.59 Å². The van der Waals surface area contributed by atoms with E-state index >= 15 is 0 Å². The molecule has 0 aromatic carbocycles. The molecule has 0 aromatic rings. The first-order valence-corrected chi connectivity index (χ1v) is 5.69. The standard InChI is InChI=1S/C7H10O5.C4H6O5/c1-7(2)11-4(3-5(8)9)6(10)12-7;5-2(4(8)9)1-3(6)7/h4H,3H2,1-2H3,(H,8,9);2,5H,1H2,(H,6,7)(H,8,9)/t4-;2-/m00/s1. The zero-order valence-corrected chi connectivity index (χ0v) is 11.3. The molecule has 4 N–H and O–H groups in total. The molecular weight excluding hydrogens is 292 g/mol. The number of aliphatic hydroxyl groups excluding tert-OH is 1. The van der Waals surface area contributed by atoms with Gasteiger partial charge in [-0.05, 0) is 0 Å². The van der Waals surface area contributed by atoms with Crippen molar-refractivity contribution in [1.82, 2.24) is 0 Å². The first-order chi connectivity index (χ1) is 9.44. The molecule has 10 heteroatoms. The molecule has 1 fully saturated rings. The van der Waals surface area contributed by atoms with E-state index in [-0.39, 0.29) is 6.42 Å². The molecule has 0 unspecified atom stereocenters. The van der Waals surface area contributed by atoms with Crippen molar-refractivity contribution in [3.05, 3.63) is 0 Å². The van der Waals surface area contributed by atoms with Crippen LogP contribution in [0.25, 0.3) is 0 Å². The van der Waals surface area contributed by atoms with Gasteiger partial charge in [-0.1, -0.05) is 0 Å². The van der Waals surface area contributed by atoms with Gasteiger partial charge in [-0.15, -0.1) is 0 Å². The third-order valence-electron chi connectivity index (χ3n) is 2.05. The molecule has 120 valence electrons. The number of hydrogen-bond acceptors (Lipinski definition) is 7. The third kappa shape index (κ3) is 7.84. The Balaban J connectivity index is 0.000000400. The molecule has 0 aliphatic carbocycles. The highest BCUT2D eigenvalue weighted by atomic mass is 16.8. The van der Waals surface area contributed by atoms with E-state index in [0.29, 0.717) is 0 Å². The van der Waals surface area contributed by atoms with Crippen LogP contribution in [0.2, 0.25) is 0 Å². The number of carbonyl (C=O) groups excluding carboxylic acids is 1. The summed E-state index contributed by atoms with van der Waals surface area (Å²) in [4.78, 5) is 40.6. The van der Waals surface area contributed by atoms with E-state index in [1.807, 2.05) is 0 Å². The Bertz CT molecular complexity index is 427. The van der Waals surface area contributed by atoms with Crippen LogP contribution in [0.4, 0.5) is 0 Å². The van der Waals surface area contributed by atoms with Crippen molar-refractivity contribution in [1.29, 1.82) is 0 Å². The number of carboxylic acids is 3. The van der Waals surface area contributed by atoms with E-state index in [9.17, 15) is 19.2 Å². The molecule has 0 bridgehead atoms. The van der Waals surface area contributed by atoms with Crippen LogP contribution in [0.15, 0.2) is 0 Å². The molecule has 0 radical (unpaired) electrons. The van der Waals surface area contributed by atoms with E-state index < -0.39 is 48.3 Å². The fourth-order valence-electron chi connectivity index (χ4n) is 1.26. The molecule has 1 saturated heterocycles. The van der Waals surface area contributed by atoms with Crippen molar-refractivity contribution in [3.63, 3.8) is 0 Å². The highest BCUT2D eigenvalue weighted by Crippen LogP contribution is 2.25. The number of cyclic esters (lactones) is 1. The molecule has 21 heavy (non-hydrogen) atoms. The molecule has 0 spiro atoms. The first-order valence-electron chi connectivity index (χ1n) is 5.69. The number of carboxylic acid groups (broad SMARTS) is 3. The lowest BCUT2D eigenvalue weighted by Gasteiger charge is -2.14. The Hall–Kier alpha value is -2.20. The summed E-state index contributed by atoms with van der Waals surface area (Å²) in [6.07, 6.45) is -3.85. The van der Waals surface area contributed by atoms with E-state index in [4.69, 9.17) is 29.9 Å². The highest BCUT2D eigenvalue weighted by Gasteiger charge is 2.41. The number of carbonyl (C=O) groups is 4. The van der Waals surface area contributed by atoms with Gasteiger partial charge in [0.15, 0.2) is 12.2 Å². The van der Waals surface area contributed by atoms with Gasteiger partial charge < -0.3 is 29.9 Å². The zero-order chi connectivity index (χ0) is 16.8. The third-order valence-corrected chi connectivity index (χ3v) is 2.05. The summed E-state index contributed by atoms with van der Waals surface area (Å²) in [5, 5.41) is 32.5. The lowest BCUT2D eigenvalue weighted by atomic mass is 10.2. The lowest BCUT2D eigenvalue weighted by Crippen LogP contribution is -2.23. The van der Waals surface area contributed by atoms with Gasteiger partial charge in [0.1, 0.15) is 0 Å². The average Bonchev–Trinajstić information content (AvgIpc) is 2.50. The maximum Gasteiger partial charge on any atom is 0.338 e. The Morgan fingerprint density at radius 2 is 1.71 bits per heavy atom. The smallest absolute Gasteiger partial charge is 0.338 e. The van der Waals surface area contributed by atoms with Crippen molar-refractivity contribution in [2.24, 2.45) is 0 Å². The Morgan fingerprint density at radius 3 is 1.95 bits per heavy atom. The van der Waals surface area contributed by atoms with Crippen molar-refractivity contribution in [3.8, 4) is 0 Å². The molecular formula is C11H16O10. The monoisotopic (exact) mass is 308 g/mol. The largest absolute Gasteiger partial charge is 0.481 e. The number of aliphatic carboxylic acids is 3. The minimum absolute atomic E-state index is 0.345. The predicted octanol–water partition coefficient (Wildman–Crippen LogP) is -0.954. The van der Waals surface area contributed by atoms with E-state index in [1.54, 1.807) is 13.8 Å². The van der Waals surface area contributed by atoms with Crippen LogP contribution >= 0.6 is 0 Å². The predicted molar refractivity (Wildman–Crippen MR) is 63.2 cm³/mol. The van der Waals surface area contributed by atoms with Gasteiger partial charge in [0.05, 0.1) is 12.8 Å². The lowest BCUT2D eigenvalue weighted by molar-refractivity contribution is -0.161. The van der Waals surface area contributed by atoms with E-state index in [1.165, 1.54) is 0 Å². The Labute approximate surface area is 118 Å². The van der Waals surface area contributed by atoms with Gasteiger partial charge in [0, 0.05) is 13.8 Å². The Morgan fingerprint density at radius 1 is 1.19 bits per heavy atom. The van der Waals surface area contributed by atoms with Crippen molar-refractivity contribution in [2.75, 3.05) is 0 Å². The minimum Gasteiger partial charge on any atom is -0.481 e. The zero-order valence-electron chi connectivity index (χ0n) is 11.3. The average molecular weight is 308 g/mol. The molecule has 0 amide bonds. The maximum absolute atomic E-state index is 10.9. The first kappa shape index (κ1) is 18.8. The Kier molecular flexibility index (Phi) is 6.76. The number of aliphatic hydroxyl groups is 1. The van der Waals surface area contributed by atoms with Crippen LogP contribution < -0.4 is 0 Å². The number of ether oxygens (including phenoxy) is 2. The van der Waals surface area contributed by atoms with Crippen LogP contribution in [0.1, 0.15) is 26.7 Å². The number of hydrogen-bond donors (Lipinski definition) is 4. The van der Waals surface area contributed by atoms with Crippen LogP contribution in [-0.4, -0.2) is 62.3 Å². The van der Waals surface area contributed by atoms with Crippen LogP contribution in [0.3, 0.4) is 0 Å². The van der Waals surface area contributed by atoms with Crippen LogP contribution in [-0.2, 0) is 28.7 Å². The summed E-state index contributed by atoms with van der Waals surface area (Å²) in [6.45, 7) is 3.12.